The minimum Gasteiger partial charge on any atom is -0.339 e. The van der Waals surface area contributed by atoms with Crippen LogP contribution in [-0.4, -0.2) is 74.8 Å². The Kier molecular flexibility index (Phi) is 15.3. The monoisotopic (exact) mass is 1250 g/mol. The highest BCUT2D eigenvalue weighted by atomic mass is 32.2. The van der Waals surface area contributed by atoms with Gasteiger partial charge in [0, 0.05) is 33.1 Å². The van der Waals surface area contributed by atoms with Crippen molar-refractivity contribution in [2.24, 2.45) is 10.2 Å². The molecule has 0 aliphatic carbocycles. The second-order valence-corrected chi connectivity index (χ2v) is 26.2. The third kappa shape index (κ3) is 12.6. The van der Waals surface area contributed by atoms with Crippen molar-refractivity contribution in [1.29, 1.82) is 5.26 Å². The molecule has 32 heteroatoms. The molecule has 11 N–H and O–H groups in total. The first-order valence-corrected chi connectivity index (χ1v) is 31.8. The largest absolute Gasteiger partial charge is 0.339 e. The van der Waals surface area contributed by atoms with Crippen LogP contribution in [0.5, 0.6) is 0 Å². The molecule has 0 saturated heterocycles. The third-order valence-corrected chi connectivity index (χ3v) is 17.8. The van der Waals surface area contributed by atoms with Gasteiger partial charge in [0.15, 0.2) is 16.6 Å². The molecule has 10 rings (SSSR count). The molecule has 0 unspecified atom stereocenters. The van der Waals surface area contributed by atoms with Crippen molar-refractivity contribution < 1.29 is 64.9 Å². The number of hydrogen-bond donors (Lipinski definition) is 11. The number of benzene rings is 8. The molecule has 0 atom stereocenters. The highest BCUT2D eigenvalue weighted by Gasteiger charge is 2.24. The average molecular weight is 1250 g/mol. The lowest BCUT2D eigenvalue weighted by Crippen LogP contribution is -2.14. The number of nitrogens with zero attached hydrogens (tertiary/aromatic N) is 5. The minimum atomic E-state index is -5.03. The molecule has 26 nitrogen and oxygen atoms in total. The lowest BCUT2D eigenvalue weighted by molar-refractivity contribution is 0.478. The fourth-order valence-corrected chi connectivity index (χ4v) is 12.2. The van der Waals surface area contributed by atoms with Crippen LogP contribution in [0.2, 0.25) is 0 Å². The second-order valence-electron chi connectivity index (χ2n) is 18.1. The Bertz CT molecular complexity index is 5030. The first-order chi connectivity index (χ1) is 39.6. The fourth-order valence-electron chi connectivity index (χ4n) is 8.59. The summed E-state index contributed by atoms with van der Waals surface area (Å²) in [5.74, 6) is 0.0528. The Morgan fingerprint density at radius 1 is 0.488 bits per heavy atom. The molecule has 84 heavy (non-hydrogen) atoms. The summed E-state index contributed by atoms with van der Waals surface area (Å²) in [4.78, 5) is 6.70. The van der Waals surface area contributed by atoms with Gasteiger partial charge in [0.2, 0.25) is 5.13 Å². The van der Waals surface area contributed by atoms with Gasteiger partial charge in [0.1, 0.15) is 22.3 Å². The summed E-state index contributed by atoms with van der Waals surface area (Å²) in [6.45, 7) is 1.60. The van der Waals surface area contributed by atoms with E-state index in [0.717, 1.165) is 58.5 Å². The van der Waals surface area contributed by atoms with Gasteiger partial charge in [0.25, 0.3) is 50.6 Å². The van der Waals surface area contributed by atoms with E-state index in [-0.39, 0.29) is 87.4 Å². The van der Waals surface area contributed by atoms with Crippen LogP contribution in [-0.2, 0) is 50.6 Å². The van der Waals surface area contributed by atoms with Crippen LogP contribution in [0.15, 0.2) is 186 Å². The zero-order valence-electron chi connectivity index (χ0n) is 42.4. The highest BCUT2D eigenvalue weighted by Crippen LogP contribution is 2.43. The Morgan fingerprint density at radius 2 is 1.08 bits per heavy atom. The number of pyridine rings is 1. The number of hydrogen-bond acceptors (Lipinski definition) is 22. The summed E-state index contributed by atoms with van der Waals surface area (Å²) >= 11 is 1.03. The van der Waals surface area contributed by atoms with Crippen molar-refractivity contribution in [2.45, 2.75) is 31.4 Å². The minimum absolute atomic E-state index is 0.00230. The first kappa shape index (κ1) is 58.0. The summed E-state index contributed by atoms with van der Waals surface area (Å²) in [7, 11) is -23.8. The summed E-state index contributed by atoms with van der Waals surface area (Å²) in [5, 5.41) is 28.4. The topological polar surface area (TPSA) is 418 Å². The number of thiazole rings is 1. The molecule has 2 heterocycles. The highest BCUT2D eigenvalue weighted by molar-refractivity contribution is 7.87. The van der Waals surface area contributed by atoms with Crippen LogP contribution in [0.25, 0.3) is 43.6 Å². The predicted octanol–water partition coefficient (Wildman–Crippen LogP) is 10.9. The molecule has 10 aromatic rings. The average Bonchev–Trinajstić information content (AvgIpc) is 2.55. The molecule has 428 valence electrons. The van der Waals surface area contributed by atoms with Crippen molar-refractivity contribution in [2.75, 3.05) is 32.3 Å². The van der Waals surface area contributed by atoms with E-state index in [1.54, 1.807) is 6.92 Å². The third-order valence-electron chi connectivity index (χ3n) is 12.6. The zero-order chi connectivity index (χ0) is 60.1. The van der Waals surface area contributed by atoms with Gasteiger partial charge in [-0.3, -0.25) is 33.6 Å². The van der Waals surface area contributed by atoms with Crippen LogP contribution in [0, 0.1) is 18.3 Å². The Morgan fingerprint density at radius 3 is 1.70 bits per heavy atom. The van der Waals surface area contributed by atoms with Gasteiger partial charge in [-0.25, -0.2) is 9.97 Å². The Balaban J connectivity index is 1.02. The van der Waals surface area contributed by atoms with E-state index >= 15 is 0 Å². The molecule has 0 saturated carbocycles. The van der Waals surface area contributed by atoms with E-state index in [9.17, 15) is 70.1 Å². The molecule has 0 bridgehead atoms. The molecular formula is C52H39N11O15S6. The molecule has 0 aliphatic rings. The van der Waals surface area contributed by atoms with Crippen LogP contribution in [0.4, 0.5) is 55.9 Å². The van der Waals surface area contributed by atoms with Gasteiger partial charge >= 0.3 is 0 Å². The number of fused-ring (bicyclic) bond motifs is 3. The smallest absolute Gasteiger partial charge is 0.295 e. The SMILES string of the molecule is Cc1c(C#N)c(Nc2ccc(S(=O)(=O)O)cc2)nc(Nc2ccc(S(=O)(=O)O)cc2)c1NNc1nc(-c2ccc3ccccc3c2)c(/N=N/c2ccc(NNc3ccc4cc(S(=O)(=O)O)cc(S(=O)(=O)O)c4c3)c3cc(S(=O)(=O)O)ccc23)s1. The van der Waals surface area contributed by atoms with E-state index in [1.807, 2.05) is 42.5 Å². The van der Waals surface area contributed by atoms with Gasteiger partial charge in [-0.1, -0.05) is 59.9 Å². The van der Waals surface area contributed by atoms with E-state index in [1.165, 1.54) is 66.7 Å². The molecule has 0 aliphatic heterocycles. The lowest BCUT2D eigenvalue weighted by atomic mass is 10.1. The molecule has 0 radical (unpaired) electrons. The summed E-state index contributed by atoms with van der Waals surface area (Å²) in [5.41, 5.74) is 14.5. The molecule has 0 spiro atoms. The number of nitriles is 1. The first-order valence-electron chi connectivity index (χ1n) is 23.8. The number of azo groups is 1. The predicted molar refractivity (Wildman–Crippen MR) is 314 cm³/mol. The molecule has 2 aromatic heterocycles. The zero-order valence-corrected chi connectivity index (χ0v) is 47.3. The Labute approximate surface area is 481 Å². The Hall–Kier alpha value is -9.24. The van der Waals surface area contributed by atoms with Gasteiger partial charge < -0.3 is 21.5 Å². The molecule has 0 fully saturated rings. The number of hydrazine groups is 2. The number of anilines is 8. The van der Waals surface area contributed by atoms with Crippen molar-refractivity contribution in [3.8, 4) is 17.3 Å². The molecular weight excluding hydrogens is 1210 g/mol. The summed E-state index contributed by atoms with van der Waals surface area (Å²) in [6.07, 6.45) is 0. The van der Waals surface area contributed by atoms with Crippen LogP contribution < -0.4 is 32.3 Å². The number of rotatable bonds is 18. The fraction of sp³-hybridized carbons (Fsp3) is 0.0192. The maximum atomic E-state index is 12.5. The molecule has 8 aromatic carbocycles. The van der Waals surface area contributed by atoms with Crippen molar-refractivity contribution in [3.05, 3.63) is 163 Å². The van der Waals surface area contributed by atoms with Crippen LogP contribution in [0.1, 0.15) is 11.1 Å². The van der Waals surface area contributed by atoms with Crippen LogP contribution >= 0.6 is 11.3 Å². The van der Waals surface area contributed by atoms with Gasteiger partial charge in [-0.2, -0.15) is 47.4 Å². The van der Waals surface area contributed by atoms with Crippen molar-refractivity contribution in [1.82, 2.24) is 9.97 Å². The van der Waals surface area contributed by atoms with E-state index in [0.29, 0.717) is 28.3 Å². The van der Waals surface area contributed by atoms with Crippen molar-refractivity contribution >= 4 is 150 Å². The van der Waals surface area contributed by atoms with Crippen molar-refractivity contribution in [3.63, 3.8) is 0 Å². The number of aromatic nitrogens is 2. The lowest BCUT2D eigenvalue weighted by Gasteiger charge is -2.19. The molecule has 0 amide bonds. The normalized spacial score (nSPS) is 12.3. The van der Waals surface area contributed by atoms with Gasteiger partial charge in [0.05, 0.1) is 42.2 Å². The van der Waals surface area contributed by atoms with E-state index in [4.69, 9.17) is 4.98 Å². The maximum Gasteiger partial charge on any atom is 0.295 e. The second kappa shape index (κ2) is 22.2. The standard InChI is InChI=1S/C52H39N11O15S6/c1-28-43(27-53)49(54-33-10-14-36(15-11-33)80(64,65)66)57-50(55-34-12-16-37(17-13-34)81(67,68)69)47(28)61-63-52-56-48(32-7-6-29-4-2-3-5-30(29)22-32)51(79-52)62-60-44-20-21-45(42-25-38(82(70,71)72)18-19-40(42)44)59-58-35-9-8-31-23-39(83(73,74)75)26-46(41(31)24-35)84(76,77)78/h2-26,58-59,61H,1H3,(H,56,63)(H2,54,55,57)(H,64,65,66)(H,67,68,69)(H,70,71,72)(H,73,74,75)(H,76,77,78)/b62-60+. The summed E-state index contributed by atoms with van der Waals surface area (Å²) < 4.78 is 169. The van der Waals surface area contributed by atoms with Gasteiger partial charge in [-0.05, 0) is 132 Å². The number of nitrogens with one attached hydrogen (secondary N) is 6. The van der Waals surface area contributed by atoms with E-state index < -0.39 is 65.3 Å². The van der Waals surface area contributed by atoms with E-state index in [2.05, 4.69) is 53.6 Å². The van der Waals surface area contributed by atoms with Crippen LogP contribution in [0.3, 0.4) is 0 Å². The maximum absolute atomic E-state index is 12.5. The van der Waals surface area contributed by atoms with Gasteiger partial charge in [-0.15, -0.1) is 10.2 Å². The summed E-state index contributed by atoms with van der Waals surface area (Å²) in [6, 6.07) is 37.6. The quantitative estimate of drug-likeness (QED) is 0.0216.